The number of nitrogens with one attached hydrogen (secondary N) is 1. The van der Waals surface area contributed by atoms with Crippen LogP contribution < -0.4 is 10.1 Å². The molecule has 7 nitrogen and oxygen atoms in total. The molecule has 1 aromatic rings. The molecule has 1 saturated heterocycles. The third kappa shape index (κ3) is 5.17. The number of amides is 2. The average Bonchev–Trinajstić information content (AvgIpc) is 3.30. The zero-order chi connectivity index (χ0) is 20.1. The van der Waals surface area contributed by atoms with Gasteiger partial charge in [0.25, 0.3) is 5.91 Å². The van der Waals surface area contributed by atoms with E-state index in [0.717, 1.165) is 25.7 Å². The van der Waals surface area contributed by atoms with Crippen LogP contribution >= 0.6 is 0 Å². The number of hydrogen-bond donors (Lipinski definition) is 1. The summed E-state index contributed by atoms with van der Waals surface area (Å²) in [5.74, 6) is -1.74. The molecular formula is C19H22F2N2O5. The molecule has 1 N–H and O–H groups in total. The van der Waals surface area contributed by atoms with E-state index in [1.807, 2.05) is 0 Å². The minimum Gasteiger partial charge on any atom is -0.455 e. The molecule has 1 saturated carbocycles. The minimum atomic E-state index is -2.92. The number of rotatable bonds is 7. The fourth-order valence-electron chi connectivity index (χ4n) is 3.63. The summed E-state index contributed by atoms with van der Waals surface area (Å²) in [7, 11) is 0. The molecule has 2 amide bonds. The van der Waals surface area contributed by atoms with Crippen molar-refractivity contribution >= 4 is 23.5 Å². The number of esters is 1. The van der Waals surface area contributed by atoms with Gasteiger partial charge in [-0.1, -0.05) is 12.8 Å². The largest absolute Gasteiger partial charge is 0.455 e. The second-order valence-corrected chi connectivity index (χ2v) is 6.94. The van der Waals surface area contributed by atoms with E-state index in [9.17, 15) is 23.2 Å². The van der Waals surface area contributed by atoms with E-state index < -0.39 is 31.0 Å². The highest BCUT2D eigenvalue weighted by Crippen LogP contribution is 2.29. The molecule has 2 aliphatic rings. The molecule has 0 bridgehead atoms. The summed E-state index contributed by atoms with van der Waals surface area (Å²) in [4.78, 5) is 38.0. The summed E-state index contributed by atoms with van der Waals surface area (Å²) in [6.07, 6.45) is 4.24. The van der Waals surface area contributed by atoms with Gasteiger partial charge in [-0.05, 0) is 37.1 Å². The molecule has 1 aliphatic heterocycles. The topological polar surface area (TPSA) is 84.9 Å². The molecule has 0 unspecified atom stereocenters. The molecule has 2 fully saturated rings. The third-order valence-corrected chi connectivity index (χ3v) is 4.97. The van der Waals surface area contributed by atoms with Crippen molar-refractivity contribution in [3.63, 3.8) is 0 Å². The Hall–Kier alpha value is -2.71. The Morgan fingerprint density at radius 2 is 1.86 bits per heavy atom. The summed E-state index contributed by atoms with van der Waals surface area (Å²) in [6.45, 7) is -3.07. The minimum absolute atomic E-state index is 0.0304. The summed E-state index contributed by atoms with van der Waals surface area (Å²) >= 11 is 0. The summed E-state index contributed by atoms with van der Waals surface area (Å²) in [6, 6.07) is 5.58. The van der Waals surface area contributed by atoms with Gasteiger partial charge in [-0.3, -0.25) is 14.4 Å². The van der Waals surface area contributed by atoms with Crippen LogP contribution in [0, 0.1) is 5.92 Å². The van der Waals surface area contributed by atoms with Crippen LogP contribution in [-0.2, 0) is 19.1 Å². The number of nitrogens with zero attached hydrogens (tertiary/aromatic N) is 1. The fourth-order valence-corrected chi connectivity index (χ4v) is 3.63. The number of alkyl halides is 2. The van der Waals surface area contributed by atoms with E-state index in [0.29, 0.717) is 12.2 Å². The normalized spacial score (nSPS) is 19.9. The van der Waals surface area contributed by atoms with Gasteiger partial charge in [0.2, 0.25) is 5.91 Å². The van der Waals surface area contributed by atoms with Gasteiger partial charge in [-0.15, -0.1) is 0 Å². The zero-order valence-corrected chi connectivity index (χ0v) is 15.2. The maximum Gasteiger partial charge on any atom is 0.387 e. The molecule has 9 heteroatoms. The molecule has 1 heterocycles. The van der Waals surface area contributed by atoms with Crippen LogP contribution in [0.2, 0.25) is 0 Å². The van der Waals surface area contributed by atoms with Gasteiger partial charge in [-0.25, -0.2) is 0 Å². The lowest BCUT2D eigenvalue weighted by molar-refractivity contribution is -0.151. The third-order valence-electron chi connectivity index (χ3n) is 4.97. The standard InChI is InChI=1S/C19H22F2N2O5/c20-19(21)28-15-7-5-13(6-8-15)22-16(24)11-27-18(26)12-9-17(25)23(10-12)14-3-1-2-4-14/h5-8,12,14,19H,1-4,9-11H2,(H,22,24)/t12-/m0/s1. The van der Waals surface area contributed by atoms with Crippen LogP contribution in [0.4, 0.5) is 14.5 Å². The quantitative estimate of drug-likeness (QED) is 0.716. The molecule has 0 aromatic heterocycles. The second kappa shape index (κ2) is 8.99. The Kier molecular flexibility index (Phi) is 6.43. The lowest BCUT2D eigenvalue weighted by Gasteiger charge is -2.23. The second-order valence-electron chi connectivity index (χ2n) is 6.94. The molecule has 0 radical (unpaired) electrons. The van der Waals surface area contributed by atoms with Crippen molar-refractivity contribution in [2.45, 2.75) is 44.8 Å². The van der Waals surface area contributed by atoms with Crippen molar-refractivity contribution in [2.24, 2.45) is 5.92 Å². The lowest BCUT2D eigenvalue weighted by Crippen LogP contribution is -2.35. The fraction of sp³-hybridized carbons (Fsp3) is 0.526. The Labute approximate surface area is 161 Å². The number of ether oxygens (including phenoxy) is 2. The number of halogens is 2. The monoisotopic (exact) mass is 396 g/mol. The average molecular weight is 396 g/mol. The number of carbonyl (C=O) groups excluding carboxylic acids is 3. The summed E-state index contributed by atoms with van der Waals surface area (Å²) < 4.78 is 33.5. The van der Waals surface area contributed by atoms with Crippen LogP contribution in [0.3, 0.4) is 0 Å². The Bertz CT molecular complexity index is 720. The van der Waals surface area contributed by atoms with E-state index in [1.165, 1.54) is 24.3 Å². The van der Waals surface area contributed by atoms with Gasteiger partial charge in [0.05, 0.1) is 5.92 Å². The van der Waals surface area contributed by atoms with E-state index in [1.54, 1.807) is 4.90 Å². The van der Waals surface area contributed by atoms with Crippen molar-refractivity contribution in [2.75, 3.05) is 18.5 Å². The van der Waals surface area contributed by atoms with E-state index in [4.69, 9.17) is 4.74 Å². The first-order chi connectivity index (χ1) is 13.4. The molecule has 1 aromatic carbocycles. The van der Waals surface area contributed by atoms with Gasteiger partial charge in [0.1, 0.15) is 5.75 Å². The molecular weight excluding hydrogens is 374 g/mol. The van der Waals surface area contributed by atoms with Crippen molar-refractivity contribution < 1.29 is 32.6 Å². The molecule has 0 spiro atoms. The van der Waals surface area contributed by atoms with Crippen LogP contribution in [0.25, 0.3) is 0 Å². The van der Waals surface area contributed by atoms with Crippen molar-refractivity contribution in [3.05, 3.63) is 24.3 Å². The number of anilines is 1. The van der Waals surface area contributed by atoms with Gasteiger partial charge < -0.3 is 19.7 Å². The maximum atomic E-state index is 12.2. The molecule has 152 valence electrons. The van der Waals surface area contributed by atoms with Crippen LogP contribution in [-0.4, -0.2) is 48.5 Å². The van der Waals surface area contributed by atoms with Crippen molar-refractivity contribution in [3.8, 4) is 5.75 Å². The number of likely N-dealkylation sites (tertiary alicyclic amines) is 1. The van der Waals surface area contributed by atoms with Crippen molar-refractivity contribution in [1.82, 2.24) is 4.90 Å². The lowest BCUT2D eigenvalue weighted by atomic mass is 10.1. The highest BCUT2D eigenvalue weighted by Gasteiger charge is 2.39. The first kappa shape index (κ1) is 20.0. The molecule has 1 aliphatic carbocycles. The first-order valence-corrected chi connectivity index (χ1v) is 9.23. The highest BCUT2D eigenvalue weighted by atomic mass is 19.3. The predicted octanol–water partition coefficient (Wildman–Crippen LogP) is 2.56. The molecule has 28 heavy (non-hydrogen) atoms. The van der Waals surface area contributed by atoms with E-state index in [-0.39, 0.29) is 24.1 Å². The predicted molar refractivity (Wildman–Crippen MR) is 94.7 cm³/mol. The van der Waals surface area contributed by atoms with Crippen LogP contribution in [0.15, 0.2) is 24.3 Å². The molecule has 3 rings (SSSR count). The zero-order valence-electron chi connectivity index (χ0n) is 15.2. The van der Waals surface area contributed by atoms with Crippen molar-refractivity contribution in [1.29, 1.82) is 0 Å². The highest BCUT2D eigenvalue weighted by molar-refractivity contribution is 5.93. The SMILES string of the molecule is O=C(COC(=O)[C@H]1CC(=O)N(C2CCCC2)C1)Nc1ccc(OC(F)F)cc1. The Morgan fingerprint density at radius 1 is 1.18 bits per heavy atom. The van der Waals surface area contributed by atoms with Gasteiger partial charge in [0.15, 0.2) is 6.61 Å². The van der Waals surface area contributed by atoms with E-state index in [2.05, 4.69) is 10.1 Å². The maximum absolute atomic E-state index is 12.2. The van der Waals surface area contributed by atoms with Gasteiger partial charge in [0, 0.05) is 24.7 Å². The Balaban J connectivity index is 1.43. The summed E-state index contributed by atoms with van der Waals surface area (Å²) in [5, 5.41) is 2.49. The number of hydrogen-bond acceptors (Lipinski definition) is 5. The van der Waals surface area contributed by atoms with Crippen LogP contribution in [0.5, 0.6) is 5.75 Å². The first-order valence-electron chi connectivity index (χ1n) is 9.23. The van der Waals surface area contributed by atoms with Crippen LogP contribution in [0.1, 0.15) is 32.1 Å². The van der Waals surface area contributed by atoms with E-state index >= 15 is 0 Å². The number of benzene rings is 1. The molecule has 1 atom stereocenters. The van der Waals surface area contributed by atoms with Gasteiger partial charge in [-0.2, -0.15) is 8.78 Å². The number of carbonyl (C=O) groups is 3. The summed E-state index contributed by atoms with van der Waals surface area (Å²) in [5.41, 5.74) is 0.353. The smallest absolute Gasteiger partial charge is 0.387 e. The van der Waals surface area contributed by atoms with Gasteiger partial charge >= 0.3 is 12.6 Å². The Morgan fingerprint density at radius 3 is 2.50 bits per heavy atom.